The van der Waals surface area contributed by atoms with Crippen LogP contribution in [0.1, 0.15) is 6.92 Å². The van der Waals surface area contributed by atoms with E-state index >= 15 is 0 Å². The summed E-state index contributed by atoms with van der Waals surface area (Å²) < 4.78 is 19.7. The summed E-state index contributed by atoms with van der Waals surface area (Å²) in [6.45, 7) is 9.50. The van der Waals surface area contributed by atoms with Crippen LogP contribution in [-0.2, 0) is 9.53 Å². The maximum absolute atomic E-state index is 14.5. The van der Waals surface area contributed by atoms with E-state index in [-0.39, 0.29) is 19.0 Å². The Morgan fingerprint density at radius 2 is 2.31 bits per heavy atom. The van der Waals surface area contributed by atoms with Crippen molar-refractivity contribution in [1.29, 1.82) is 0 Å². The van der Waals surface area contributed by atoms with Gasteiger partial charge in [0.05, 0.1) is 36.1 Å². The Morgan fingerprint density at radius 3 is 2.92 bits per heavy atom. The number of benzene rings is 1. The molecule has 136 valence electrons. The summed E-state index contributed by atoms with van der Waals surface area (Å²) >= 11 is 0. The number of anilines is 2. The number of rotatable bonds is 4. The number of nitrogens with one attached hydrogen (secondary N) is 1. The van der Waals surface area contributed by atoms with Gasteiger partial charge in [0, 0.05) is 12.0 Å². The molecule has 3 rings (SSSR count). The van der Waals surface area contributed by atoms with Gasteiger partial charge in [-0.3, -0.25) is 9.69 Å². The molecule has 1 fully saturated rings. The molecule has 1 aromatic carbocycles. The van der Waals surface area contributed by atoms with Gasteiger partial charge in [-0.05, 0) is 18.2 Å². The maximum Gasteiger partial charge on any atom is 0.414 e. The summed E-state index contributed by atoms with van der Waals surface area (Å²) in [5.74, 6) is -0.724. The van der Waals surface area contributed by atoms with Crippen molar-refractivity contribution in [3.05, 3.63) is 35.5 Å². The smallest absolute Gasteiger partial charge is 0.414 e. The van der Waals surface area contributed by atoms with Crippen LogP contribution >= 0.6 is 0 Å². The summed E-state index contributed by atoms with van der Waals surface area (Å²) in [7, 11) is 0. The second-order valence-electron chi connectivity index (χ2n) is 5.81. The van der Waals surface area contributed by atoms with Crippen molar-refractivity contribution in [3.63, 3.8) is 0 Å². The number of cyclic esters (lactones) is 1. The molecule has 1 saturated heterocycles. The van der Waals surface area contributed by atoms with Crippen molar-refractivity contribution in [1.82, 2.24) is 10.4 Å². The van der Waals surface area contributed by atoms with Crippen molar-refractivity contribution in [2.45, 2.75) is 13.0 Å². The quantitative estimate of drug-likeness (QED) is 0.816. The molecule has 2 aliphatic rings. The normalized spacial score (nSPS) is 19.3. The van der Waals surface area contributed by atoms with Crippen LogP contribution in [0.15, 0.2) is 23.3 Å². The lowest BCUT2D eigenvalue weighted by molar-refractivity contribution is -0.119. The highest BCUT2D eigenvalue weighted by Crippen LogP contribution is 2.28. The molecular weight excluding hydrogens is 343 g/mol. The molecule has 0 unspecified atom stereocenters. The minimum absolute atomic E-state index is 0.208. The summed E-state index contributed by atoms with van der Waals surface area (Å²) in [6, 6.07) is 4.43. The Bertz CT molecular complexity index is 793. The third-order valence-corrected chi connectivity index (χ3v) is 3.99. The zero-order valence-electron chi connectivity index (χ0n) is 14.1. The van der Waals surface area contributed by atoms with E-state index in [1.165, 1.54) is 29.3 Å². The maximum atomic E-state index is 14.5. The molecule has 0 saturated carbocycles. The van der Waals surface area contributed by atoms with E-state index in [0.717, 1.165) is 0 Å². The molecular formula is C16H17FN6O3. The van der Waals surface area contributed by atoms with Crippen LogP contribution in [-0.4, -0.2) is 55.7 Å². The number of ether oxygens (including phenoxy) is 1. The predicted molar refractivity (Wildman–Crippen MR) is 91.8 cm³/mol. The monoisotopic (exact) mass is 360 g/mol. The molecule has 0 aromatic heterocycles. The van der Waals surface area contributed by atoms with Crippen molar-refractivity contribution < 1.29 is 18.7 Å². The standard InChI is InChI=1S/C16H17FN6O3/c1-11(24)19-8-13-9-22(16(25)26-13)12-3-4-15(14(17)7-12)21-5-6-23(18-2)20-10-21/h3-4,7,10,13H,5-6,8-9H2,1H3,(H,19,24)/t13-/m0/s1. The largest absolute Gasteiger partial charge is 0.442 e. The molecule has 0 spiro atoms. The summed E-state index contributed by atoms with van der Waals surface area (Å²) in [6.07, 6.45) is 0.329. The van der Waals surface area contributed by atoms with E-state index in [1.54, 1.807) is 17.0 Å². The molecule has 2 aliphatic heterocycles. The minimum Gasteiger partial charge on any atom is -0.442 e. The van der Waals surface area contributed by atoms with Gasteiger partial charge in [-0.15, -0.1) is 0 Å². The van der Waals surface area contributed by atoms with Gasteiger partial charge >= 0.3 is 6.09 Å². The van der Waals surface area contributed by atoms with Gasteiger partial charge in [0.1, 0.15) is 18.5 Å². The molecule has 0 bridgehead atoms. The fourth-order valence-corrected chi connectivity index (χ4v) is 2.69. The van der Waals surface area contributed by atoms with E-state index in [9.17, 15) is 14.0 Å². The van der Waals surface area contributed by atoms with Crippen LogP contribution < -0.4 is 15.1 Å². The molecule has 26 heavy (non-hydrogen) atoms. The summed E-state index contributed by atoms with van der Waals surface area (Å²) in [5.41, 5.74) is 0.683. The Hall–Kier alpha value is -3.35. The molecule has 2 amide bonds. The lowest BCUT2D eigenvalue weighted by atomic mass is 10.2. The SMILES string of the molecule is [C-]#[N+]N1CCN(c2ccc(N3C[C@H](CNC(C)=O)OC3=O)cc2F)C=N1. The molecule has 0 aliphatic carbocycles. The van der Waals surface area contributed by atoms with Gasteiger partial charge in [0.25, 0.3) is 0 Å². The Balaban J connectivity index is 1.71. The van der Waals surface area contributed by atoms with E-state index in [4.69, 9.17) is 11.3 Å². The highest BCUT2D eigenvalue weighted by Gasteiger charge is 2.33. The Morgan fingerprint density at radius 1 is 1.50 bits per heavy atom. The fourth-order valence-electron chi connectivity index (χ4n) is 2.69. The highest BCUT2D eigenvalue weighted by atomic mass is 19.1. The topological polar surface area (TPSA) is 81.8 Å². The number of nitrogens with zero attached hydrogens (tertiary/aromatic N) is 5. The predicted octanol–water partition coefficient (Wildman–Crippen LogP) is 1.19. The molecule has 1 atom stereocenters. The number of amides is 2. The van der Waals surface area contributed by atoms with E-state index in [1.807, 2.05) is 0 Å². The number of carbonyl (C=O) groups excluding carboxylic acids is 2. The highest BCUT2D eigenvalue weighted by molar-refractivity contribution is 5.90. The number of hydrogen-bond acceptors (Lipinski definition) is 6. The second kappa shape index (κ2) is 7.26. The number of hydrazone groups is 1. The first-order valence-corrected chi connectivity index (χ1v) is 7.95. The van der Waals surface area contributed by atoms with E-state index in [2.05, 4.69) is 15.4 Å². The van der Waals surface area contributed by atoms with Crippen LogP contribution in [0.25, 0.3) is 4.95 Å². The van der Waals surface area contributed by atoms with Gasteiger partial charge < -0.3 is 26.5 Å². The zero-order chi connectivity index (χ0) is 18.7. The van der Waals surface area contributed by atoms with Crippen LogP contribution in [0, 0.1) is 12.4 Å². The molecule has 0 radical (unpaired) electrons. The molecule has 1 aromatic rings. The van der Waals surface area contributed by atoms with Gasteiger partial charge in [-0.1, -0.05) is 0 Å². The first kappa shape index (κ1) is 17.5. The molecule has 1 N–H and O–H groups in total. The first-order valence-electron chi connectivity index (χ1n) is 7.95. The third kappa shape index (κ3) is 3.66. The van der Waals surface area contributed by atoms with Crippen molar-refractivity contribution >= 4 is 29.7 Å². The lowest BCUT2D eigenvalue weighted by Crippen LogP contribution is -2.35. The van der Waals surface area contributed by atoms with Crippen molar-refractivity contribution in [3.8, 4) is 0 Å². The average molecular weight is 360 g/mol. The van der Waals surface area contributed by atoms with Gasteiger partial charge in [0.15, 0.2) is 0 Å². The second-order valence-corrected chi connectivity index (χ2v) is 5.81. The zero-order valence-corrected chi connectivity index (χ0v) is 14.1. The molecule has 9 nitrogen and oxygen atoms in total. The number of hydrogen-bond donors (Lipinski definition) is 1. The molecule has 2 heterocycles. The van der Waals surface area contributed by atoms with Crippen LogP contribution in [0.5, 0.6) is 0 Å². The van der Waals surface area contributed by atoms with Crippen LogP contribution in [0.2, 0.25) is 0 Å². The fraction of sp³-hybridized carbons (Fsp3) is 0.375. The lowest BCUT2D eigenvalue weighted by Gasteiger charge is -2.22. The van der Waals surface area contributed by atoms with Gasteiger partial charge in [-0.25, -0.2) is 9.18 Å². The van der Waals surface area contributed by atoms with Crippen molar-refractivity contribution in [2.24, 2.45) is 5.10 Å². The third-order valence-electron chi connectivity index (χ3n) is 3.99. The average Bonchev–Trinajstić information content (AvgIpc) is 3.01. The first-order chi connectivity index (χ1) is 12.5. The number of carbonyl (C=O) groups is 2. The van der Waals surface area contributed by atoms with Crippen molar-refractivity contribution in [2.75, 3.05) is 36.0 Å². The van der Waals surface area contributed by atoms with E-state index in [0.29, 0.717) is 24.5 Å². The minimum atomic E-state index is -0.584. The van der Waals surface area contributed by atoms with Crippen LogP contribution in [0.4, 0.5) is 20.6 Å². The Labute approximate surface area is 149 Å². The van der Waals surface area contributed by atoms with Gasteiger partial charge in [0.2, 0.25) is 12.2 Å². The summed E-state index contributed by atoms with van der Waals surface area (Å²) in [4.78, 5) is 29.1. The van der Waals surface area contributed by atoms with Gasteiger partial charge in [-0.2, -0.15) is 0 Å². The summed E-state index contributed by atoms with van der Waals surface area (Å²) in [5, 5.41) is 7.68. The number of halogens is 1. The van der Waals surface area contributed by atoms with Crippen LogP contribution in [0.3, 0.4) is 0 Å². The van der Waals surface area contributed by atoms with E-state index < -0.39 is 18.0 Å². The Kier molecular flexibility index (Phi) is 4.88. The molecule has 10 heteroatoms.